The highest BCUT2D eigenvalue weighted by Crippen LogP contribution is 2.36. The number of hydrogen-bond acceptors (Lipinski definition) is 4. The van der Waals surface area contributed by atoms with Crippen molar-refractivity contribution in [2.75, 3.05) is 6.26 Å². The summed E-state index contributed by atoms with van der Waals surface area (Å²) in [4.78, 5) is 15.5. The van der Waals surface area contributed by atoms with Gasteiger partial charge in [-0.25, -0.2) is 13.4 Å². The number of aliphatic carboxylic acids is 1. The van der Waals surface area contributed by atoms with Crippen LogP contribution in [0, 0.1) is 0 Å². The first kappa shape index (κ1) is 14.1. The number of pyridine rings is 1. The van der Waals surface area contributed by atoms with Gasteiger partial charge in [0.05, 0.1) is 11.3 Å². The van der Waals surface area contributed by atoms with Gasteiger partial charge in [0.2, 0.25) is 0 Å². The molecule has 1 atom stereocenters. The topological polar surface area (TPSA) is 89.3 Å². The molecule has 0 aromatic carbocycles. The molecule has 3 rings (SSSR count). The minimum atomic E-state index is -3.34. The fraction of sp³-hybridized carbons (Fsp3) is 0.429. The van der Waals surface area contributed by atoms with Crippen LogP contribution in [0.5, 0.6) is 0 Å². The average Bonchev–Trinajstić information content (AvgIpc) is 2.76. The Morgan fingerprint density at radius 3 is 2.95 bits per heavy atom. The fourth-order valence-corrected chi connectivity index (χ4v) is 3.96. The van der Waals surface area contributed by atoms with Crippen molar-refractivity contribution in [2.45, 2.75) is 36.6 Å². The maximum atomic E-state index is 11.9. The molecule has 112 valence electrons. The summed E-state index contributed by atoms with van der Waals surface area (Å²) in [6.07, 6.45) is 4.40. The van der Waals surface area contributed by atoms with Crippen molar-refractivity contribution in [1.82, 2.24) is 9.55 Å². The summed E-state index contributed by atoms with van der Waals surface area (Å²) in [5.41, 5.74) is 1.50. The van der Waals surface area contributed by atoms with Crippen molar-refractivity contribution in [3.8, 4) is 0 Å². The van der Waals surface area contributed by atoms with Crippen LogP contribution in [0.3, 0.4) is 0 Å². The Morgan fingerprint density at radius 2 is 2.29 bits per heavy atom. The number of carboxylic acid groups (broad SMARTS) is 1. The number of rotatable bonds is 3. The van der Waals surface area contributed by atoms with Crippen LogP contribution in [0.4, 0.5) is 0 Å². The Labute approximate surface area is 122 Å². The lowest BCUT2D eigenvalue weighted by Crippen LogP contribution is -2.17. The predicted molar refractivity (Wildman–Crippen MR) is 77.1 cm³/mol. The SMILES string of the molecule is CS(=O)(=O)c1ccnc2c1cc1n2CCCC1CC(=O)O. The molecule has 0 amide bonds. The summed E-state index contributed by atoms with van der Waals surface area (Å²) in [6, 6.07) is 3.29. The van der Waals surface area contributed by atoms with Gasteiger partial charge in [-0.1, -0.05) is 0 Å². The zero-order chi connectivity index (χ0) is 15.2. The summed E-state index contributed by atoms with van der Waals surface area (Å²) < 4.78 is 25.7. The predicted octanol–water partition coefficient (Wildman–Crippen LogP) is 1.79. The van der Waals surface area contributed by atoms with Gasteiger partial charge in [0.1, 0.15) is 5.65 Å². The number of carboxylic acids is 1. The Hall–Kier alpha value is -1.89. The van der Waals surface area contributed by atoms with Crippen LogP contribution in [-0.4, -0.2) is 35.3 Å². The zero-order valence-electron chi connectivity index (χ0n) is 11.6. The molecule has 0 spiro atoms. The van der Waals surface area contributed by atoms with E-state index in [1.807, 2.05) is 4.57 Å². The summed E-state index contributed by atoms with van der Waals surface area (Å²) >= 11 is 0. The number of sulfone groups is 1. The molecule has 0 saturated carbocycles. The Kier molecular flexibility index (Phi) is 3.24. The van der Waals surface area contributed by atoms with Gasteiger partial charge < -0.3 is 9.67 Å². The molecular formula is C14H16N2O4S. The number of aromatic nitrogens is 2. The van der Waals surface area contributed by atoms with Crippen molar-refractivity contribution < 1.29 is 18.3 Å². The number of carbonyl (C=O) groups is 1. The highest BCUT2D eigenvalue weighted by atomic mass is 32.2. The first-order valence-electron chi connectivity index (χ1n) is 6.78. The van der Waals surface area contributed by atoms with Gasteiger partial charge in [0.15, 0.2) is 9.84 Å². The molecule has 1 unspecified atom stereocenters. The molecule has 2 aromatic heterocycles. The lowest BCUT2D eigenvalue weighted by atomic mass is 9.93. The van der Waals surface area contributed by atoms with Gasteiger partial charge >= 0.3 is 5.97 Å². The van der Waals surface area contributed by atoms with Gasteiger partial charge in [-0.2, -0.15) is 0 Å². The van der Waals surface area contributed by atoms with Crippen LogP contribution >= 0.6 is 0 Å². The van der Waals surface area contributed by atoms with E-state index in [0.29, 0.717) is 11.0 Å². The quantitative estimate of drug-likeness (QED) is 0.933. The summed E-state index contributed by atoms with van der Waals surface area (Å²) in [5, 5.41) is 9.62. The Bertz CT molecular complexity index is 823. The highest BCUT2D eigenvalue weighted by molar-refractivity contribution is 7.91. The molecule has 0 bridgehead atoms. The molecule has 21 heavy (non-hydrogen) atoms. The molecule has 0 aliphatic carbocycles. The second-order valence-electron chi connectivity index (χ2n) is 5.48. The minimum absolute atomic E-state index is 0.0600. The largest absolute Gasteiger partial charge is 0.481 e. The second-order valence-corrected chi connectivity index (χ2v) is 7.46. The maximum absolute atomic E-state index is 11.9. The fourth-order valence-electron chi connectivity index (χ4n) is 3.10. The number of nitrogens with zero attached hydrogens (tertiary/aromatic N) is 2. The Morgan fingerprint density at radius 1 is 1.52 bits per heavy atom. The molecule has 1 N–H and O–H groups in total. The minimum Gasteiger partial charge on any atom is -0.481 e. The van der Waals surface area contributed by atoms with E-state index < -0.39 is 15.8 Å². The molecule has 1 aliphatic heterocycles. The van der Waals surface area contributed by atoms with Crippen molar-refractivity contribution >= 4 is 26.8 Å². The van der Waals surface area contributed by atoms with E-state index in [9.17, 15) is 13.2 Å². The lowest BCUT2D eigenvalue weighted by molar-refractivity contribution is -0.137. The van der Waals surface area contributed by atoms with E-state index in [0.717, 1.165) is 25.1 Å². The van der Waals surface area contributed by atoms with Gasteiger partial charge in [0, 0.05) is 36.0 Å². The normalized spacial score (nSPS) is 18.6. The smallest absolute Gasteiger partial charge is 0.304 e. The van der Waals surface area contributed by atoms with E-state index in [1.165, 1.54) is 18.5 Å². The average molecular weight is 308 g/mol. The van der Waals surface area contributed by atoms with E-state index in [2.05, 4.69) is 4.98 Å². The van der Waals surface area contributed by atoms with E-state index in [4.69, 9.17) is 5.11 Å². The molecular weight excluding hydrogens is 292 g/mol. The van der Waals surface area contributed by atoms with E-state index in [-0.39, 0.29) is 17.2 Å². The molecule has 2 aromatic rings. The van der Waals surface area contributed by atoms with Crippen LogP contribution in [0.1, 0.15) is 30.9 Å². The van der Waals surface area contributed by atoms with Crippen LogP contribution in [0.2, 0.25) is 0 Å². The van der Waals surface area contributed by atoms with Crippen molar-refractivity contribution in [3.63, 3.8) is 0 Å². The van der Waals surface area contributed by atoms with Crippen LogP contribution in [0.15, 0.2) is 23.2 Å². The molecule has 6 nitrogen and oxygen atoms in total. The summed E-state index contributed by atoms with van der Waals surface area (Å²) in [6.45, 7) is 0.745. The zero-order valence-corrected chi connectivity index (χ0v) is 12.4. The number of aryl methyl sites for hydroxylation is 1. The van der Waals surface area contributed by atoms with E-state index >= 15 is 0 Å². The molecule has 0 radical (unpaired) electrons. The lowest BCUT2D eigenvalue weighted by Gasteiger charge is -2.23. The van der Waals surface area contributed by atoms with Crippen molar-refractivity contribution in [2.24, 2.45) is 0 Å². The molecule has 3 heterocycles. The first-order chi connectivity index (χ1) is 9.88. The molecule has 7 heteroatoms. The standard InChI is InChI=1S/C14H16N2O4S/c1-21(19,20)12-4-5-15-14-10(12)8-11-9(7-13(17)18)3-2-6-16(11)14/h4-5,8-9H,2-3,6-7H2,1H3,(H,17,18). The third kappa shape index (κ3) is 2.42. The van der Waals surface area contributed by atoms with Crippen LogP contribution in [0.25, 0.3) is 11.0 Å². The first-order valence-corrected chi connectivity index (χ1v) is 8.67. The van der Waals surface area contributed by atoms with Crippen LogP contribution in [-0.2, 0) is 21.2 Å². The molecule has 0 saturated heterocycles. The third-order valence-corrected chi connectivity index (χ3v) is 5.12. The molecule has 0 fully saturated rings. The summed E-state index contributed by atoms with van der Waals surface area (Å²) in [7, 11) is -3.34. The van der Waals surface area contributed by atoms with Crippen molar-refractivity contribution in [3.05, 3.63) is 24.0 Å². The maximum Gasteiger partial charge on any atom is 0.304 e. The van der Waals surface area contributed by atoms with Gasteiger partial charge in [-0.05, 0) is 25.0 Å². The van der Waals surface area contributed by atoms with E-state index in [1.54, 1.807) is 6.07 Å². The van der Waals surface area contributed by atoms with Crippen molar-refractivity contribution in [1.29, 1.82) is 0 Å². The van der Waals surface area contributed by atoms with Gasteiger partial charge in [-0.3, -0.25) is 4.79 Å². The molecule has 1 aliphatic rings. The van der Waals surface area contributed by atoms with Gasteiger partial charge in [0.25, 0.3) is 0 Å². The Balaban J connectivity index is 2.23. The highest BCUT2D eigenvalue weighted by Gasteiger charge is 2.27. The second kappa shape index (κ2) is 4.84. The van der Waals surface area contributed by atoms with Crippen LogP contribution < -0.4 is 0 Å². The summed E-state index contributed by atoms with van der Waals surface area (Å²) in [5.74, 6) is -0.923. The van der Waals surface area contributed by atoms with Gasteiger partial charge in [-0.15, -0.1) is 0 Å². The monoisotopic (exact) mass is 308 g/mol. The number of hydrogen-bond donors (Lipinski definition) is 1. The third-order valence-electron chi connectivity index (χ3n) is 3.96. The number of fused-ring (bicyclic) bond motifs is 3.